The Morgan fingerprint density at radius 3 is 2.26 bits per heavy atom. The molecule has 4 nitrogen and oxygen atoms in total. The summed E-state index contributed by atoms with van der Waals surface area (Å²) in [6, 6.07) is 16.9. The highest BCUT2D eigenvalue weighted by molar-refractivity contribution is 6.11. The molecular formula is C27H34N4. The van der Waals surface area contributed by atoms with Gasteiger partial charge in [-0.3, -0.25) is 0 Å². The Labute approximate surface area is 186 Å². The van der Waals surface area contributed by atoms with Gasteiger partial charge in [0.1, 0.15) is 0 Å². The van der Waals surface area contributed by atoms with Crippen molar-refractivity contribution in [2.45, 2.75) is 40.0 Å². The van der Waals surface area contributed by atoms with Gasteiger partial charge in [-0.2, -0.15) is 0 Å². The lowest BCUT2D eigenvalue weighted by molar-refractivity contribution is 0.792. The molecule has 0 saturated heterocycles. The van der Waals surface area contributed by atoms with Crippen LogP contribution in [0.15, 0.2) is 89.2 Å². The van der Waals surface area contributed by atoms with Gasteiger partial charge in [0.2, 0.25) is 0 Å². The zero-order valence-corrected chi connectivity index (χ0v) is 19.0. The number of nitrogens with zero attached hydrogens (tertiary/aromatic N) is 2. The first kappa shape index (κ1) is 22.4. The fourth-order valence-electron chi connectivity index (χ4n) is 3.68. The average molecular weight is 415 g/mol. The summed E-state index contributed by atoms with van der Waals surface area (Å²) in [4.78, 5) is 7.15. The van der Waals surface area contributed by atoms with Crippen molar-refractivity contribution in [3.8, 4) is 0 Å². The maximum Gasteiger partial charge on any atom is 0.0887 e. The van der Waals surface area contributed by atoms with Crippen LogP contribution >= 0.6 is 0 Å². The van der Waals surface area contributed by atoms with E-state index in [4.69, 9.17) is 10.7 Å². The Hall–Kier alpha value is -3.27. The Morgan fingerprint density at radius 2 is 1.65 bits per heavy atom. The number of rotatable bonds is 9. The highest BCUT2D eigenvalue weighted by Gasteiger charge is 2.13. The monoisotopic (exact) mass is 414 g/mol. The first-order valence-electron chi connectivity index (χ1n) is 11.2. The molecule has 0 aliphatic heterocycles. The molecule has 2 aromatic carbocycles. The van der Waals surface area contributed by atoms with Crippen molar-refractivity contribution in [3.05, 3.63) is 89.8 Å². The van der Waals surface area contributed by atoms with E-state index in [2.05, 4.69) is 74.0 Å². The summed E-state index contributed by atoms with van der Waals surface area (Å²) < 4.78 is 0. The molecule has 3 N–H and O–H groups in total. The zero-order chi connectivity index (χ0) is 22.2. The molecule has 0 amide bonds. The second kappa shape index (κ2) is 10.7. The average Bonchev–Trinajstić information content (AvgIpc) is 2.77. The van der Waals surface area contributed by atoms with Crippen molar-refractivity contribution in [1.82, 2.24) is 0 Å². The molecule has 31 heavy (non-hydrogen) atoms. The molecule has 0 unspecified atom stereocenters. The number of hydrogen-bond donors (Lipinski definition) is 2. The molecule has 0 bridgehead atoms. The fraction of sp³-hybridized carbons (Fsp3) is 0.296. The lowest BCUT2D eigenvalue weighted by Gasteiger charge is -2.22. The molecule has 1 aliphatic carbocycles. The van der Waals surface area contributed by atoms with E-state index in [0.717, 1.165) is 60.7 Å². The number of aliphatic imine (C=N–C) groups is 1. The van der Waals surface area contributed by atoms with E-state index in [1.54, 1.807) is 0 Å². The molecule has 1 aliphatic rings. The lowest BCUT2D eigenvalue weighted by atomic mass is 10.0. The molecule has 0 saturated carbocycles. The van der Waals surface area contributed by atoms with Crippen molar-refractivity contribution < 1.29 is 0 Å². The van der Waals surface area contributed by atoms with Crippen molar-refractivity contribution >= 4 is 22.8 Å². The van der Waals surface area contributed by atoms with E-state index in [9.17, 15) is 0 Å². The van der Waals surface area contributed by atoms with Crippen LogP contribution in [0, 0.1) is 0 Å². The van der Waals surface area contributed by atoms with Crippen LogP contribution in [0.25, 0.3) is 0 Å². The minimum atomic E-state index is 0.624. The van der Waals surface area contributed by atoms with Crippen LogP contribution in [0.1, 0.15) is 39.2 Å². The summed E-state index contributed by atoms with van der Waals surface area (Å²) in [6.45, 7) is 12.8. The second-order valence-electron chi connectivity index (χ2n) is 7.85. The molecule has 3 rings (SSSR count). The number of allylic oxidation sites excluding steroid dienone is 2. The number of benzene rings is 2. The summed E-state index contributed by atoms with van der Waals surface area (Å²) in [5.41, 5.74) is 13.9. The van der Waals surface area contributed by atoms with E-state index < -0.39 is 0 Å². The third-order valence-electron chi connectivity index (χ3n) is 5.36. The van der Waals surface area contributed by atoms with E-state index in [-0.39, 0.29) is 0 Å². The zero-order valence-electron chi connectivity index (χ0n) is 19.0. The summed E-state index contributed by atoms with van der Waals surface area (Å²) >= 11 is 0. The highest BCUT2D eigenvalue weighted by Crippen LogP contribution is 2.25. The van der Waals surface area contributed by atoms with Gasteiger partial charge >= 0.3 is 0 Å². The summed E-state index contributed by atoms with van der Waals surface area (Å²) in [5, 5.41) is 3.46. The summed E-state index contributed by atoms with van der Waals surface area (Å²) in [6.07, 6.45) is 7.22. The first-order valence-corrected chi connectivity index (χ1v) is 11.2. The van der Waals surface area contributed by atoms with Crippen LogP contribution in [0.4, 0.5) is 17.1 Å². The van der Waals surface area contributed by atoms with Gasteiger partial charge < -0.3 is 16.0 Å². The highest BCUT2D eigenvalue weighted by atomic mass is 15.1. The second-order valence-corrected chi connectivity index (χ2v) is 7.85. The maximum atomic E-state index is 6.25. The molecule has 0 heterocycles. The predicted octanol–water partition coefficient (Wildman–Crippen LogP) is 6.36. The Kier molecular flexibility index (Phi) is 7.71. The molecule has 0 spiro atoms. The van der Waals surface area contributed by atoms with Crippen molar-refractivity contribution in [2.75, 3.05) is 23.3 Å². The van der Waals surface area contributed by atoms with Crippen LogP contribution in [0.2, 0.25) is 0 Å². The quantitative estimate of drug-likeness (QED) is 0.502. The number of nitrogens with one attached hydrogen (secondary N) is 1. The van der Waals surface area contributed by atoms with Gasteiger partial charge in [-0.25, -0.2) is 4.99 Å². The molecule has 2 aromatic rings. The van der Waals surface area contributed by atoms with Crippen LogP contribution < -0.4 is 16.0 Å². The van der Waals surface area contributed by atoms with Gasteiger partial charge in [0.15, 0.2) is 0 Å². The van der Waals surface area contributed by atoms with Crippen molar-refractivity contribution in [1.29, 1.82) is 0 Å². The van der Waals surface area contributed by atoms with E-state index in [1.807, 2.05) is 24.3 Å². The van der Waals surface area contributed by atoms with Gasteiger partial charge in [0.25, 0.3) is 0 Å². The van der Waals surface area contributed by atoms with Gasteiger partial charge in [-0.1, -0.05) is 39.0 Å². The van der Waals surface area contributed by atoms with Crippen molar-refractivity contribution in [3.63, 3.8) is 0 Å². The lowest BCUT2D eigenvalue weighted by Crippen LogP contribution is -2.23. The molecule has 0 radical (unpaired) electrons. The summed E-state index contributed by atoms with van der Waals surface area (Å²) in [7, 11) is 0. The fourth-order valence-corrected chi connectivity index (χ4v) is 3.68. The maximum absolute atomic E-state index is 6.25. The Balaban J connectivity index is 1.79. The van der Waals surface area contributed by atoms with Gasteiger partial charge in [0, 0.05) is 30.2 Å². The van der Waals surface area contributed by atoms with Gasteiger partial charge in [-0.15, -0.1) is 0 Å². The topological polar surface area (TPSA) is 53.6 Å². The molecule has 162 valence electrons. The first-order chi connectivity index (χ1) is 15.0. The number of hydrogen-bond acceptors (Lipinski definition) is 4. The van der Waals surface area contributed by atoms with Crippen LogP contribution in [0.5, 0.6) is 0 Å². The predicted molar refractivity (Wildman–Crippen MR) is 135 cm³/mol. The van der Waals surface area contributed by atoms with Crippen LogP contribution in [-0.2, 0) is 6.42 Å². The van der Waals surface area contributed by atoms with Gasteiger partial charge in [-0.05, 0) is 79.5 Å². The smallest absolute Gasteiger partial charge is 0.0887 e. The Morgan fingerprint density at radius 1 is 0.935 bits per heavy atom. The SMILES string of the molecule is C=C1C=C(N)/C(=N\c2ccc(N(CC)CCC)cc2)C=C1Nc1ccc(CCC)cc1. The van der Waals surface area contributed by atoms with Gasteiger partial charge in [0.05, 0.1) is 17.1 Å². The van der Waals surface area contributed by atoms with E-state index in [0.29, 0.717) is 5.70 Å². The third-order valence-corrected chi connectivity index (χ3v) is 5.36. The molecule has 4 heteroatoms. The molecule has 0 aromatic heterocycles. The van der Waals surface area contributed by atoms with Crippen molar-refractivity contribution in [2.24, 2.45) is 10.7 Å². The van der Waals surface area contributed by atoms with E-state index >= 15 is 0 Å². The van der Waals surface area contributed by atoms with Crippen LogP contribution in [-0.4, -0.2) is 18.8 Å². The minimum Gasteiger partial charge on any atom is -0.397 e. The summed E-state index contributed by atoms with van der Waals surface area (Å²) in [5.74, 6) is 0. The largest absolute Gasteiger partial charge is 0.397 e. The number of aryl methyl sites for hydroxylation is 1. The molecular weight excluding hydrogens is 380 g/mol. The number of anilines is 2. The molecule has 0 fully saturated rings. The standard InChI is InChI=1S/C27H34N4/c1-5-8-21-9-11-22(12-10-21)29-26-19-27(25(28)18-20(26)4)30-23-13-15-24(16-14-23)31(7-3)17-6-2/h9-16,18-19,29H,4-8,17,28H2,1-3H3/b30-27-. The molecule has 0 atom stereocenters. The normalized spacial score (nSPS) is 14.9. The Bertz CT molecular complexity index is 979. The number of nitrogens with two attached hydrogens (primary N) is 1. The minimum absolute atomic E-state index is 0.624. The third kappa shape index (κ3) is 5.88. The van der Waals surface area contributed by atoms with Crippen LogP contribution in [0.3, 0.4) is 0 Å². The van der Waals surface area contributed by atoms with E-state index in [1.165, 1.54) is 11.3 Å².